The SMILES string of the molecule is CNC(=O)c1ccccc1C(C)O. The van der Waals surface area contributed by atoms with Crippen LogP contribution >= 0.6 is 0 Å². The Balaban J connectivity index is 3.12. The van der Waals surface area contributed by atoms with E-state index in [1.807, 2.05) is 0 Å². The summed E-state index contributed by atoms with van der Waals surface area (Å²) < 4.78 is 0. The maximum absolute atomic E-state index is 11.3. The standard InChI is InChI=1S/C10H13NO2/c1-7(12)8-5-3-4-6-9(8)10(13)11-2/h3-7,12H,1-2H3,(H,11,13). The van der Waals surface area contributed by atoms with Crippen LogP contribution in [0.25, 0.3) is 0 Å². The first-order chi connectivity index (χ1) is 6.16. The van der Waals surface area contributed by atoms with Crippen LogP contribution in [0.2, 0.25) is 0 Å². The molecule has 1 aromatic rings. The lowest BCUT2D eigenvalue weighted by Gasteiger charge is -2.09. The fourth-order valence-corrected chi connectivity index (χ4v) is 1.20. The maximum Gasteiger partial charge on any atom is 0.251 e. The van der Waals surface area contributed by atoms with E-state index < -0.39 is 6.10 Å². The third kappa shape index (κ3) is 2.06. The van der Waals surface area contributed by atoms with Crippen LogP contribution in [0.1, 0.15) is 28.9 Å². The van der Waals surface area contributed by atoms with Crippen LogP contribution in [0.4, 0.5) is 0 Å². The molecule has 1 atom stereocenters. The van der Waals surface area contributed by atoms with Crippen molar-refractivity contribution >= 4 is 5.91 Å². The Morgan fingerprint density at radius 1 is 1.46 bits per heavy atom. The quantitative estimate of drug-likeness (QED) is 0.714. The smallest absolute Gasteiger partial charge is 0.251 e. The molecular weight excluding hydrogens is 166 g/mol. The first-order valence-electron chi connectivity index (χ1n) is 4.16. The van der Waals surface area contributed by atoms with Gasteiger partial charge in [-0.25, -0.2) is 0 Å². The minimum Gasteiger partial charge on any atom is -0.389 e. The number of aliphatic hydroxyl groups is 1. The van der Waals surface area contributed by atoms with Crippen molar-refractivity contribution in [3.05, 3.63) is 35.4 Å². The molecule has 0 aliphatic rings. The van der Waals surface area contributed by atoms with Crippen LogP contribution in [-0.4, -0.2) is 18.1 Å². The van der Waals surface area contributed by atoms with Gasteiger partial charge in [-0.3, -0.25) is 4.79 Å². The van der Waals surface area contributed by atoms with Crippen LogP contribution in [-0.2, 0) is 0 Å². The zero-order valence-corrected chi connectivity index (χ0v) is 7.74. The number of hydrogen-bond donors (Lipinski definition) is 2. The Morgan fingerprint density at radius 2 is 2.08 bits per heavy atom. The summed E-state index contributed by atoms with van der Waals surface area (Å²) in [6, 6.07) is 7.01. The lowest BCUT2D eigenvalue weighted by atomic mass is 10.0. The number of carbonyl (C=O) groups is 1. The molecular formula is C10H13NO2. The number of benzene rings is 1. The van der Waals surface area contributed by atoms with Crippen LogP contribution < -0.4 is 5.32 Å². The van der Waals surface area contributed by atoms with E-state index >= 15 is 0 Å². The Hall–Kier alpha value is -1.35. The molecule has 70 valence electrons. The number of carbonyl (C=O) groups excluding carboxylic acids is 1. The van der Waals surface area contributed by atoms with Gasteiger partial charge in [-0.05, 0) is 18.6 Å². The summed E-state index contributed by atoms with van der Waals surface area (Å²) in [6.07, 6.45) is -0.617. The largest absolute Gasteiger partial charge is 0.389 e. The summed E-state index contributed by atoms with van der Waals surface area (Å²) in [5, 5.41) is 11.9. The van der Waals surface area contributed by atoms with Gasteiger partial charge in [0.15, 0.2) is 0 Å². The number of hydrogen-bond acceptors (Lipinski definition) is 2. The highest BCUT2D eigenvalue weighted by Crippen LogP contribution is 2.16. The molecule has 2 N–H and O–H groups in total. The van der Waals surface area contributed by atoms with Crippen molar-refractivity contribution in [3.8, 4) is 0 Å². The second-order valence-electron chi connectivity index (χ2n) is 2.84. The van der Waals surface area contributed by atoms with Crippen molar-refractivity contribution in [2.75, 3.05) is 7.05 Å². The van der Waals surface area contributed by atoms with Gasteiger partial charge < -0.3 is 10.4 Å². The predicted molar refractivity (Wildman–Crippen MR) is 50.5 cm³/mol. The van der Waals surface area contributed by atoms with Crippen LogP contribution in [0.5, 0.6) is 0 Å². The number of aliphatic hydroxyl groups excluding tert-OH is 1. The molecule has 0 bridgehead atoms. The molecule has 0 saturated carbocycles. The molecule has 0 heterocycles. The minimum atomic E-state index is -0.617. The Labute approximate surface area is 77.4 Å². The summed E-state index contributed by atoms with van der Waals surface area (Å²) >= 11 is 0. The van der Waals surface area contributed by atoms with Gasteiger partial charge >= 0.3 is 0 Å². The van der Waals surface area contributed by atoms with Gasteiger partial charge in [0.2, 0.25) is 0 Å². The zero-order valence-electron chi connectivity index (χ0n) is 7.74. The number of rotatable bonds is 2. The van der Waals surface area contributed by atoms with Crippen molar-refractivity contribution in [1.29, 1.82) is 0 Å². The Bertz CT molecular complexity index is 308. The predicted octanol–water partition coefficient (Wildman–Crippen LogP) is 1.10. The van der Waals surface area contributed by atoms with Crippen molar-refractivity contribution in [3.63, 3.8) is 0 Å². The third-order valence-electron chi connectivity index (χ3n) is 1.88. The molecule has 0 aliphatic carbocycles. The van der Waals surface area contributed by atoms with E-state index in [1.165, 1.54) is 0 Å². The monoisotopic (exact) mass is 179 g/mol. The van der Waals surface area contributed by atoms with E-state index in [2.05, 4.69) is 5.32 Å². The highest BCUT2D eigenvalue weighted by molar-refractivity contribution is 5.95. The van der Waals surface area contributed by atoms with Gasteiger partial charge in [0.05, 0.1) is 6.10 Å². The molecule has 13 heavy (non-hydrogen) atoms. The molecule has 0 fully saturated rings. The molecule has 0 spiro atoms. The normalized spacial score (nSPS) is 12.2. The molecule has 1 aromatic carbocycles. The maximum atomic E-state index is 11.3. The van der Waals surface area contributed by atoms with E-state index in [4.69, 9.17) is 0 Å². The van der Waals surface area contributed by atoms with Crippen molar-refractivity contribution in [2.45, 2.75) is 13.0 Å². The topological polar surface area (TPSA) is 49.3 Å². The molecule has 3 nitrogen and oxygen atoms in total. The Morgan fingerprint density at radius 3 is 2.62 bits per heavy atom. The highest BCUT2D eigenvalue weighted by Gasteiger charge is 2.11. The van der Waals surface area contributed by atoms with E-state index in [1.54, 1.807) is 38.2 Å². The molecule has 0 radical (unpaired) electrons. The molecule has 0 aromatic heterocycles. The first kappa shape index (κ1) is 9.74. The minimum absolute atomic E-state index is 0.170. The molecule has 0 saturated heterocycles. The second kappa shape index (κ2) is 4.05. The molecule has 3 heteroatoms. The van der Waals surface area contributed by atoms with Crippen LogP contribution in [0.15, 0.2) is 24.3 Å². The molecule has 1 unspecified atom stereocenters. The zero-order chi connectivity index (χ0) is 9.84. The second-order valence-corrected chi connectivity index (χ2v) is 2.84. The van der Waals surface area contributed by atoms with Crippen LogP contribution in [0, 0.1) is 0 Å². The number of amides is 1. The Kier molecular flexibility index (Phi) is 3.03. The van der Waals surface area contributed by atoms with Gasteiger partial charge in [-0.2, -0.15) is 0 Å². The summed E-state index contributed by atoms with van der Waals surface area (Å²) in [4.78, 5) is 11.3. The van der Waals surface area contributed by atoms with Crippen molar-refractivity contribution in [2.24, 2.45) is 0 Å². The third-order valence-corrected chi connectivity index (χ3v) is 1.88. The fraction of sp³-hybridized carbons (Fsp3) is 0.300. The molecule has 0 aliphatic heterocycles. The molecule has 1 rings (SSSR count). The lowest BCUT2D eigenvalue weighted by molar-refractivity contribution is 0.0956. The average molecular weight is 179 g/mol. The van der Waals surface area contributed by atoms with Gasteiger partial charge in [-0.1, -0.05) is 18.2 Å². The van der Waals surface area contributed by atoms with Crippen molar-refractivity contribution < 1.29 is 9.90 Å². The van der Waals surface area contributed by atoms with E-state index in [0.29, 0.717) is 11.1 Å². The lowest BCUT2D eigenvalue weighted by Crippen LogP contribution is -2.20. The van der Waals surface area contributed by atoms with Gasteiger partial charge in [0, 0.05) is 12.6 Å². The van der Waals surface area contributed by atoms with Gasteiger partial charge in [0.25, 0.3) is 5.91 Å². The average Bonchev–Trinajstić information content (AvgIpc) is 2.16. The first-order valence-corrected chi connectivity index (χ1v) is 4.16. The fourth-order valence-electron chi connectivity index (χ4n) is 1.20. The summed E-state index contributed by atoms with van der Waals surface area (Å²) in [6.45, 7) is 1.64. The van der Waals surface area contributed by atoms with Crippen molar-refractivity contribution in [1.82, 2.24) is 5.32 Å². The van der Waals surface area contributed by atoms with Gasteiger partial charge in [0.1, 0.15) is 0 Å². The summed E-state index contributed by atoms with van der Waals surface area (Å²) in [5.74, 6) is -0.170. The van der Waals surface area contributed by atoms with E-state index in [0.717, 1.165) is 0 Å². The summed E-state index contributed by atoms with van der Waals surface area (Å²) in [7, 11) is 1.57. The summed E-state index contributed by atoms with van der Waals surface area (Å²) in [5.41, 5.74) is 1.18. The van der Waals surface area contributed by atoms with Crippen LogP contribution in [0.3, 0.4) is 0 Å². The molecule has 1 amide bonds. The van der Waals surface area contributed by atoms with Gasteiger partial charge in [-0.15, -0.1) is 0 Å². The number of nitrogens with one attached hydrogen (secondary N) is 1. The van der Waals surface area contributed by atoms with E-state index in [9.17, 15) is 9.90 Å². The highest BCUT2D eigenvalue weighted by atomic mass is 16.3. The van der Waals surface area contributed by atoms with E-state index in [-0.39, 0.29) is 5.91 Å².